The lowest BCUT2D eigenvalue weighted by Crippen LogP contribution is -2.68. The van der Waals surface area contributed by atoms with Crippen molar-refractivity contribution in [3.8, 4) is 0 Å². The zero-order chi connectivity index (χ0) is 18.9. The van der Waals surface area contributed by atoms with Crippen LogP contribution >= 0.6 is 0 Å². The van der Waals surface area contributed by atoms with E-state index < -0.39 is 42.3 Å². The number of rotatable bonds is 0. The van der Waals surface area contributed by atoms with Crippen molar-refractivity contribution in [2.75, 3.05) is 0 Å². The minimum absolute atomic E-state index is 0.369. The van der Waals surface area contributed by atoms with Crippen LogP contribution in [0.1, 0.15) is 29.4 Å². The minimum Gasteiger partial charge on any atom is -0.222 e. The van der Waals surface area contributed by atoms with E-state index in [0.717, 1.165) is 12.1 Å². The maximum Gasteiger partial charge on any atom is 0.326 e. The van der Waals surface area contributed by atoms with Gasteiger partial charge in [0.25, 0.3) is 0 Å². The van der Waals surface area contributed by atoms with Crippen molar-refractivity contribution >= 4 is 0 Å². The van der Waals surface area contributed by atoms with E-state index in [1.54, 1.807) is 0 Å². The zero-order valence-corrected chi connectivity index (χ0v) is 7.33. The fraction of sp³-hybridized carbons (Fsp3) is 0.375. The second kappa shape index (κ2) is 5.23. The summed E-state index contributed by atoms with van der Waals surface area (Å²) in [5, 5.41) is 0. The second-order valence-corrected chi connectivity index (χ2v) is 2.71. The first kappa shape index (κ1) is 4.42. The highest BCUT2D eigenvalue weighted by Crippen LogP contribution is 2.06. The smallest absolute Gasteiger partial charge is 0.222 e. The van der Waals surface area contributed by atoms with E-state index in [1.165, 1.54) is 0 Å². The van der Waals surface area contributed by atoms with E-state index in [9.17, 15) is 0 Å². The monoisotopic (exact) mass is 231 g/mol. The van der Waals surface area contributed by atoms with E-state index in [1.807, 2.05) is 0 Å². The molecule has 1 heterocycles. The van der Waals surface area contributed by atoms with Crippen molar-refractivity contribution < 1.29 is 45.6 Å². The molecular weight excluding hydrogens is 212 g/mol. The van der Waals surface area contributed by atoms with Gasteiger partial charge in [-0.15, -0.1) is 10.2 Å². The lowest BCUT2D eigenvalue weighted by Gasteiger charge is -2.17. The first-order chi connectivity index (χ1) is 9.82. The molecule has 0 spiro atoms. The first-order valence-electron chi connectivity index (χ1n) is 7.43. The Hall–Kier alpha value is -0.720. The fourth-order valence-corrected chi connectivity index (χ4v) is 0.502. The molecule has 6 heteroatoms. The van der Waals surface area contributed by atoms with Gasteiger partial charge in [-0.3, -0.25) is 0 Å². The Morgan fingerprint density at radius 1 is 1.07 bits per heavy atom. The van der Waals surface area contributed by atoms with Crippen molar-refractivity contribution in [2.45, 2.75) is 20.6 Å². The van der Waals surface area contributed by atoms with Crippen LogP contribution in [0.5, 0.6) is 0 Å². The molecule has 0 saturated heterocycles. The Morgan fingerprint density at radius 3 is 1.79 bits per heavy atom. The highest BCUT2D eigenvalue weighted by Gasteiger charge is 2.03. The molecule has 0 amide bonds. The standard InChI is InChI=1S/C8H11O.ClHO4/c1-6-4-7(2)9-8(3)5-6;2-1(3,4)5/h4-5H,1-3H3;(H,2,3,4,5)/q+1;/p-1/i1D3,2D3,3D3;. The van der Waals surface area contributed by atoms with Crippen LogP contribution in [0, 0.1) is 30.8 Å². The van der Waals surface area contributed by atoms with Gasteiger partial charge in [-0.1, -0.05) is 0 Å². The van der Waals surface area contributed by atoms with Crippen LogP contribution in [0.2, 0.25) is 0 Å². The maximum absolute atomic E-state index is 8.49. The molecule has 0 aliphatic heterocycles. The fourth-order valence-electron chi connectivity index (χ4n) is 0.502. The number of aryl methyl sites for hydroxylation is 3. The normalized spacial score (nSPS) is 22.7. The highest BCUT2D eigenvalue weighted by atomic mass is 35.7. The van der Waals surface area contributed by atoms with Crippen LogP contribution in [0.15, 0.2) is 16.5 Å². The largest absolute Gasteiger partial charge is 0.326 e. The van der Waals surface area contributed by atoms with Gasteiger partial charge in [-0.2, -0.15) is 0 Å². The summed E-state index contributed by atoms with van der Waals surface area (Å²) in [7, 11) is -4.94. The molecular formula is C8H11ClO5. The summed E-state index contributed by atoms with van der Waals surface area (Å²) < 4.78 is 103. The van der Waals surface area contributed by atoms with Crippen LogP contribution < -0.4 is 18.6 Å². The Morgan fingerprint density at radius 2 is 1.50 bits per heavy atom. The lowest BCUT2D eigenvalue weighted by atomic mass is 10.2. The quantitative estimate of drug-likeness (QED) is 0.469. The molecule has 0 aliphatic carbocycles. The summed E-state index contributed by atoms with van der Waals surface area (Å²) in [6.45, 7) is -8.01. The molecule has 0 N–H and O–H groups in total. The summed E-state index contributed by atoms with van der Waals surface area (Å²) in [6.07, 6.45) is 0. The van der Waals surface area contributed by atoms with Gasteiger partial charge in [-0.05, 0) is 12.4 Å². The summed E-state index contributed by atoms with van der Waals surface area (Å²) >= 11 is 0. The molecule has 0 fully saturated rings. The van der Waals surface area contributed by atoms with E-state index in [-0.39, 0.29) is 5.56 Å². The topological polar surface area (TPSA) is 104 Å². The molecule has 0 radical (unpaired) electrons. The molecule has 14 heavy (non-hydrogen) atoms. The maximum atomic E-state index is 8.49. The lowest BCUT2D eigenvalue weighted by molar-refractivity contribution is -2.00. The van der Waals surface area contributed by atoms with E-state index >= 15 is 0 Å². The second-order valence-electron chi connectivity index (χ2n) is 1.95. The predicted octanol–water partition coefficient (Wildman–Crippen LogP) is -2.27. The minimum atomic E-state index is -4.94. The summed E-state index contributed by atoms with van der Waals surface area (Å²) in [5.74, 6) is -1.30. The van der Waals surface area contributed by atoms with Crippen LogP contribution in [0.25, 0.3) is 0 Å². The van der Waals surface area contributed by atoms with Gasteiger partial charge in [-0.25, -0.2) is 23.1 Å². The molecule has 1 aromatic heterocycles. The third-order valence-corrected chi connectivity index (χ3v) is 0.793. The molecule has 1 rings (SSSR count). The van der Waals surface area contributed by atoms with Gasteiger partial charge < -0.3 is 0 Å². The third-order valence-electron chi connectivity index (χ3n) is 0.793. The van der Waals surface area contributed by atoms with Crippen LogP contribution in [0.4, 0.5) is 0 Å². The van der Waals surface area contributed by atoms with Crippen molar-refractivity contribution in [1.82, 2.24) is 0 Å². The molecule has 0 aromatic carbocycles. The SMILES string of the molecule is [2H]C([2H])([2H])c1cc(C([2H])([2H])[2H])[o+]c(C([2H])([2H])[2H])c1.[O-][Cl+3]([O-])([O-])[O-]. The van der Waals surface area contributed by atoms with Gasteiger partial charge in [0.15, 0.2) is 0 Å². The first-order valence-corrected chi connectivity index (χ1v) is 4.16. The summed E-state index contributed by atoms with van der Waals surface area (Å²) in [4.78, 5) is 0. The molecule has 0 saturated carbocycles. The van der Waals surface area contributed by atoms with Crippen molar-refractivity contribution in [3.05, 3.63) is 29.2 Å². The Kier molecular flexibility index (Phi) is 1.65. The molecule has 1 aromatic rings. The average Bonchev–Trinajstić information content (AvgIpc) is 2.22. The van der Waals surface area contributed by atoms with Gasteiger partial charge in [0.2, 0.25) is 0 Å². The highest BCUT2D eigenvalue weighted by molar-refractivity contribution is 5.14. The van der Waals surface area contributed by atoms with E-state index in [0.29, 0.717) is 0 Å². The Labute approximate surface area is 96.6 Å². The molecule has 0 aliphatic rings. The van der Waals surface area contributed by atoms with Crippen molar-refractivity contribution in [2.24, 2.45) is 0 Å². The van der Waals surface area contributed by atoms with Crippen LogP contribution in [-0.4, -0.2) is 0 Å². The number of halogens is 1. The predicted molar refractivity (Wildman–Crippen MR) is 37.3 cm³/mol. The van der Waals surface area contributed by atoms with E-state index in [2.05, 4.69) is 0 Å². The average molecular weight is 232 g/mol. The van der Waals surface area contributed by atoms with E-state index in [4.69, 9.17) is 35.4 Å². The van der Waals surface area contributed by atoms with Gasteiger partial charge in [0.05, 0.1) is 13.7 Å². The van der Waals surface area contributed by atoms with Crippen molar-refractivity contribution in [3.63, 3.8) is 0 Å². The zero-order valence-electron chi connectivity index (χ0n) is 15.6. The molecule has 5 nitrogen and oxygen atoms in total. The van der Waals surface area contributed by atoms with Gasteiger partial charge >= 0.3 is 11.5 Å². The third kappa shape index (κ3) is 9.37. The number of hydrogen-bond acceptors (Lipinski definition) is 4. The van der Waals surface area contributed by atoms with Gasteiger partial charge in [0.1, 0.15) is 0 Å². The molecule has 0 bridgehead atoms. The Balaban J connectivity index is 0.000000841. The molecule has 0 unspecified atom stereocenters. The summed E-state index contributed by atoms with van der Waals surface area (Å²) in [6, 6.07) is 1.68. The Bertz CT molecular complexity index is 446. The van der Waals surface area contributed by atoms with Crippen LogP contribution in [0.3, 0.4) is 0 Å². The molecule has 0 atom stereocenters. The van der Waals surface area contributed by atoms with Crippen molar-refractivity contribution in [1.29, 1.82) is 0 Å². The summed E-state index contributed by atoms with van der Waals surface area (Å²) in [5.41, 5.74) is -0.369. The number of hydrogen-bond donors (Lipinski definition) is 0. The van der Waals surface area contributed by atoms with Gasteiger partial charge in [0, 0.05) is 24.5 Å². The molecule has 80 valence electrons. The van der Waals surface area contributed by atoms with Crippen LogP contribution in [-0.2, 0) is 0 Å².